The van der Waals surface area contributed by atoms with Gasteiger partial charge in [-0.3, -0.25) is 0 Å². The molecule has 0 unspecified atom stereocenters. The van der Waals surface area contributed by atoms with Crippen LogP contribution >= 0.6 is 0 Å². The van der Waals surface area contributed by atoms with Crippen LogP contribution in [0.5, 0.6) is 0 Å². The van der Waals surface area contributed by atoms with Gasteiger partial charge in [-0.2, -0.15) is 0 Å². The lowest BCUT2D eigenvalue weighted by Crippen LogP contribution is -2.09. The molecule has 1 aromatic rings. The van der Waals surface area contributed by atoms with Crippen molar-refractivity contribution in [3.05, 3.63) is 11.6 Å². The third-order valence-electron chi connectivity index (χ3n) is 1.99. The predicted molar refractivity (Wildman–Crippen MR) is 42.2 cm³/mol. The highest BCUT2D eigenvalue weighted by Gasteiger charge is 2.12. The molecule has 2 rings (SSSR count). The second-order valence-electron chi connectivity index (χ2n) is 2.79. The Morgan fingerprint density at radius 2 is 2.42 bits per heavy atom. The minimum atomic E-state index is 0.451. The third-order valence-corrected chi connectivity index (χ3v) is 1.99. The summed E-state index contributed by atoms with van der Waals surface area (Å²) in [5.74, 6) is 1.75. The summed E-state index contributed by atoms with van der Waals surface area (Å²) < 4.78 is 7.36. The van der Waals surface area contributed by atoms with Gasteiger partial charge in [0.2, 0.25) is 0 Å². The molecule has 0 atom stereocenters. The van der Waals surface area contributed by atoms with Crippen LogP contribution in [0.15, 0.2) is 0 Å². The average Bonchev–Trinajstić information content (AvgIpc) is 2.33. The SMILES string of the molecule is NCc1nnc2n1CCCOC2. The van der Waals surface area contributed by atoms with Gasteiger partial charge in [0.25, 0.3) is 0 Å². The van der Waals surface area contributed by atoms with Crippen molar-refractivity contribution in [2.75, 3.05) is 6.61 Å². The van der Waals surface area contributed by atoms with Gasteiger partial charge in [-0.1, -0.05) is 0 Å². The molecule has 0 saturated heterocycles. The van der Waals surface area contributed by atoms with Crippen LogP contribution in [-0.4, -0.2) is 21.4 Å². The summed E-state index contributed by atoms with van der Waals surface area (Å²) >= 11 is 0. The van der Waals surface area contributed by atoms with Crippen molar-refractivity contribution in [3.8, 4) is 0 Å². The van der Waals surface area contributed by atoms with Crippen molar-refractivity contribution < 1.29 is 4.74 Å². The molecule has 5 heteroatoms. The zero-order valence-electron chi connectivity index (χ0n) is 6.86. The fraction of sp³-hybridized carbons (Fsp3) is 0.714. The van der Waals surface area contributed by atoms with E-state index in [0.717, 1.165) is 31.2 Å². The fourth-order valence-corrected chi connectivity index (χ4v) is 1.38. The second-order valence-corrected chi connectivity index (χ2v) is 2.79. The standard InChI is InChI=1S/C7H12N4O/c8-4-6-9-10-7-5-12-3-1-2-11(6)7/h1-5,8H2. The molecule has 0 amide bonds. The van der Waals surface area contributed by atoms with Crippen molar-refractivity contribution in [3.63, 3.8) is 0 Å². The van der Waals surface area contributed by atoms with E-state index in [1.165, 1.54) is 0 Å². The minimum Gasteiger partial charge on any atom is -0.373 e. The molecule has 5 nitrogen and oxygen atoms in total. The van der Waals surface area contributed by atoms with Gasteiger partial charge in [-0.25, -0.2) is 0 Å². The van der Waals surface area contributed by atoms with Gasteiger partial charge in [-0.15, -0.1) is 10.2 Å². The maximum absolute atomic E-state index is 5.51. The average molecular weight is 168 g/mol. The Labute approximate surface area is 70.5 Å². The molecule has 2 heterocycles. The summed E-state index contributed by atoms with van der Waals surface area (Å²) in [6, 6.07) is 0. The first-order chi connectivity index (χ1) is 5.92. The summed E-state index contributed by atoms with van der Waals surface area (Å²) in [4.78, 5) is 0. The van der Waals surface area contributed by atoms with E-state index in [1.807, 2.05) is 4.57 Å². The molecule has 66 valence electrons. The third kappa shape index (κ3) is 1.21. The number of rotatable bonds is 1. The highest BCUT2D eigenvalue weighted by Crippen LogP contribution is 2.08. The van der Waals surface area contributed by atoms with Gasteiger partial charge < -0.3 is 15.0 Å². The van der Waals surface area contributed by atoms with E-state index >= 15 is 0 Å². The molecule has 0 spiro atoms. The van der Waals surface area contributed by atoms with Crippen LogP contribution < -0.4 is 5.73 Å². The summed E-state index contributed by atoms with van der Waals surface area (Å²) in [5.41, 5.74) is 5.51. The molecular weight excluding hydrogens is 156 g/mol. The molecule has 0 saturated carbocycles. The van der Waals surface area contributed by atoms with Gasteiger partial charge >= 0.3 is 0 Å². The van der Waals surface area contributed by atoms with Crippen molar-refractivity contribution in [2.24, 2.45) is 5.73 Å². The summed E-state index contributed by atoms with van der Waals surface area (Å²) in [5, 5.41) is 7.96. The first kappa shape index (κ1) is 7.70. The van der Waals surface area contributed by atoms with E-state index in [0.29, 0.717) is 13.2 Å². The number of ether oxygens (including phenoxy) is 1. The van der Waals surface area contributed by atoms with E-state index in [2.05, 4.69) is 10.2 Å². The molecule has 0 aromatic carbocycles. The monoisotopic (exact) mass is 168 g/mol. The Kier molecular flexibility index (Phi) is 2.05. The first-order valence-corrected chi connectivity index (χ1v) is 4.10. The summed E-state index contributed by atoms with van der Waals surface area (Å²) in [6.45, 7) is 2.74. The Morgan fingerprint density at radius 1 is 1.50 bits per heavy atom. The molecule has 12 heavy (non-hydrogen) atoms. The topological polar surface area (TPSA) is 66.0 Å². The van der Waals surface area contributed by atoms with Crippen LogP contribution in [0.4, 0.5) is 0 Å². The van der Waals surface area contributed by atoms with Gasteiger partial charge in [0.15, 0.2) is 5.82 Å². The van der Waals surface area contributed by atoms with E-state index in [-0.39, 0.29) is 0 Å². The maximum atomic E-state index is 5.51. The normalized spacial score (nSPS) is 17.1. The first-order valence-electron chi connectivity index (χ1n) is 4.10. The lowest BCUT2D eigenvalue weighted by molar-refractivity contribution is 0.122. The smallest absolute Gasteiger partial charge is 0.159 e. The molecule has 0 fully saturated rings. The molecule has 1 aromatic heterocycles. The fourth-order valence-electron chi connectivity index (χ4n) is 1.38. The van der Waals surface area contributed by atoms with Crippen LogP contribution in [0, 0.1) is 0 Å². The molecule has 2 N–H and O–H groups in total. The lowest BCUT2D eigenvalue weighted by Gasteiger charge is -2.02. The molecule has 1 aliphatic rings. The van der Waals surface area contributed by atoms with Crippen LogP contribution in [0.2, 0.25) is 0 Å². The van der Waals surface area contributed by atoms with Crippen LogP contribution in [-0.2, 0) is 24.4 Å². The molecule has 0 bridgehead atoms. The highest BCUT2D eigenvalue weighted by atomic mass is 16.5. The largest absolute Gasteiger partial charge is 0.373 e. The number of nitrogens with zero attached hydrogens (tertiary/aromatic N) is 3. The Bertz CT molecular complexity index is 270. The summed E-state index contributed by atoms with van der Waals surface area (Å²) in [6.07, 6.45) is 1.01. The molecular formula is C7H12N4O. The van der Waals surface area contributed by atoms with Gasteiger partial charge in [0, 0.05) is 13.2 Å². The molecule has 0 aliphatic carbocycles. The highest BCUT2D eigenvalue weighted by molar-refractivity contribution is 4.95. The predicted octanol–water partition coefficient (Wildman–Crippen LogP) is -0.343. The van der Waals surface area contributed by atoms with E-state index in [9.17, 15) is 0 Å². The number of hydrogen-bond acceptors (Lipinski definition) is 4. The van der Waals surface area contributed by atoms with Crippen molar-refractivity contribution >= 4 is 0 Å². The van der Waals surface area contributed by atoms with Crippen molar-refractivity contribution in [1.82, 2.24) is 14.8 Å². The maximum Gasteiger partial charge on any atom is 0.159 e. The number of aromatic nitrogens is 3. The van der Waals surface area contributed by atoms with Gasteiger partial charge in [0.1, 0.15) is 12.4 Å². The van der Waals surface area contributed by atoms with Crippen molar-refractivity contribution in [2.45, 2.75) is 26.1 Å². The van der Waals surface area contributed by atoms with Gasteiger partial charge in [-0.05, 0) is 6.42 Å². The number of hydrogen-bond donors (Lipinski definition) is 1. The van der Waals surface area contributed by atoms with Gasteiger partial charge in [0.05, 0.1) is 6.54 Å². The van der Waals surface area contributed by atoms with Crippen LogP contribution in [0.25, 0.3) is 0 Å². The minimum absolute atomic E-state index is 0.451. The zero-order valence-corrected chi connectivity index (χ0v) is 6.86. The lowest BCUT2D eigenvalue weighted by atomic mass is 10.4. The van der Waals surface area contributed by atoms with E-state index in [4.69, 9.17) is 10.5 Å². The number of fused-ring (bicyclic) bond motifs is 1. The second kappa shape index (κ2) is 3.20. The summed E-state index contributed by atoms with van der Waals surface area (Å²) in [7, 11) is 0. The zero-order chi connectivity index (χ0) is 8.39. The Morgan fingerprint density at radius 3 is 3.25 bits per heavy atom. The molecule has 1 aliphatic heterocycles. The van der Waals surface area contributed by atoms with Crippen LogP contribution in [0.3, 0.4) is 0 Å². The van der Waals surface area contributed by atoms with Crippen molar-refractivity contribution in [1.29, 1.82) is 0 Å². The van der Waals surface area contributed by atoms with Crippen LogP contribution in [0.1, 0.15) is 18.1 Å². The number of nitrogens with two attached hydrogens (primary N) is 1. The Hall–Kier alpha value is -0.940. The van der Waals surface area contributed by atoms with E-state index < -0.39 is 0 Å². The molecule has 0 radical (unpaired) electrons. The van der Waals surface area contributed by atoms with E-state index in [1.54, 1.807) is 0 Å². The Balaban J connectivity index is 2.32. The quantitative estimate of drug-likeness (QED) is 0.622.